The highest BCUT2D eigenvalue weighted by Gasteiger charge is 2.16. The molecule has 4 nitrogen and oxygen atoms in total. The Morgan fingerprint density at radius 1 is 1.73 bits per heavy atom. The normalized spacial score (nSPS) is 26.3. The monoisotopic (exact) mass is 158 g/mol. The van der Waals surface area contributed by atoms with Gasteiger partial charge in [0.15, 0.2) is 0 Å². The summed E-state index contributed by atoms with van der Waals surface area (Å²) in [4.78, 5) is 12.4. The van der Waals surface area contributed by atoms with Crippen molar-refractivity contribution in [3.63, 3.8) is 0 Å². The van der Waals surface area contributed by atoms with Gasteiger partial charge in [0.1, 0.15) is 0 Å². The summed E-state index contributed by atoms with van der Waals surface area (Å²) in [6, 6.07) is -0.345. The molecule has 0 aromatic rings. The van der Waals surface area contributed by atoms with Crippen molar-refractivity contribution in [2.75, 3.05) is 19.7 Å². The van der Waals surface area contributed by atoms with Crippen molar-refractivity contribution in [3.8, 4) is 0 Å². The fraction of sp³-hybridized carbons (Fsp3) is 0.857. The van der Waals surface area contributed by atoms with Crippen molar-refractivity contribution < 1.29 is 9.53 Å². The van der Waals surface area contributed by atoms with E-state index >= 15 is 0 Å². The van der Waals surface area contributed by atoms with E-state index in [2.05, 4.69) is 0 Å². The number of amides is 2. The molecule has 1 atom stereocenters. The topological polar surface area (TPSA) is 55.6 Å². The molecule has 2 amide bonds. The third kappa shape index (κ3) is 2.38. The van der Waals surface area contributed by atoms with Crippen LogP contribution in [0, 0.1) is 0 Å². The molecule has 0 bridgehead atoms. The molecule has 1 rings (SSSR count). The number of carbonyl (C=O) groups excluding carboxylic acids is 1. The van der Waals surface area contributed by atoms with E-state index in [1.54, 1.807) is 4.90 Å². The van der Waals surface area contributed by atoms with Crippen molar-refractivity contribution in [2.45, 2.75) is 19.4 Å². The molecule has 0 saturated carbocycles. The maximum absolute atomic E-state index is 10.7. The molecule has 1 aliphatic heterocycles. The molecule has 64 valence electrons. The molecule has 1 unspecified atom stereocenters. The number of primary amides is 1. The third-order valence-electron chi connectivity index (χ3n) is 1.76. The molecule has 0 aliphatic carbocycles. The van der Waals surface area contributed by atoms with E-state index in [4.69, 9.17) is 10.5 Å². The van der Waals surface area contributed by atoms with Crippen LogP contribution >= 0.6 is 0 Å². The summed E-state index contributed by atoms with van der Waals surface area (Å²) in [7, 11) is 0. The number of urea groups is 1. The second-order valence-corrected chi connectivity index (χ2v) is 2.82. The van der Waals surface area contributed by atoms with Crippen LogP contribution in [0.25, 0.3) is 0 Å². The minimum Gasteiger partial charge on any atom is -0.377 e. The van der Waals surface area contributed by atoms with Gasteiger partial charge in [-0.1, -0.05) is 0 Å². The van der Waals surface area contributed by atoms with E-state index in [0.717, 1.165) is 19.6 Å². The average Bonchev–Trinajstić information content (AvgIpc) is 2.13. The molecular weight excluding hydrogens is 144 g/mol. The van der Waals surface area contributed by atoms with Crippen molar-refractivity contribution in [2.24, 2.45) is 5.73 Å². The molecule has 0 aromatic carbocycles. The van der Waals surface area contributed by atoms with Gasteiger partial charge < -0.3 is 15.4 Å². The predicted molar refractivity (Wildman–Crippen MR) is 41.2 cm³/mol. The summed E-state index contributed by atoms with van der Waals surface area (Å²) in [5, 5.41) is 0. The van der Waals surface area contributed by atoms with Gasteiger partial charge in [0.05, 0.1) is 6.10 Å². The first-order valence-corrected chi connectivity index (χ1v) is 3.86. The molecular formula is C7H14N2O2. The fourth-order valence-electron chi connectivity index (χ4n) is 1.19. The average molecular weight is 158 g/mol. The molecule has 4 heteroatoms. The highest BCUT2D eigenvalue weighted by Crippen LogP contribution is 2.03. The van der Waals surface area contributed by atoms with Crippen LogP contribution in [0.3, 0.4) is 0 Å². The summed E-state index contributed by atoms with van der Waals surface area (Å²) in [6.07, 6.45) is 0.998. The van der Waals surface area contributed by atoms with Gasteiger partial charge in [-0.3, -0.25) is 0 Å². The van der Waals surface area contributed by atoms with Crippen LogP contribution in [0.5, 0.6) is 0 Å². The Morgan fingerprint density at radius 2 is 2.45 bits per heavy atom. The van der Waals surface area contributed by atoms with Gasteiger partial charge in [0, 0.05) is 19.7 Å². The van der Waals surface area contributed by atoms with Crippen LogP contribution < -0.4 is 5.73 Å². The summed E-state index contributed by atoms with van der Waals surface area (Å²) in [6.45, 7) is 4.02. The fourth-order valence-corrected chi connectivity index (χ4v) is 1.19. The van der Waals surface area contributed by atoms with Gasteiger partial charge in [-0.25, -0.2) is 4.79 Å². The quantitative estimate of drug-likeness (QED) is 0.546. The predicted octanol–water partition coefficient (Wildman–Crippen LogP) is 0.176. The van der Waals surface area contributed by atoms with E-state index in [1.165, 1.54) is 0 Å². The van der Waals surface area contributed by atoms with E-state index in [1.807, 2.05) is 6.92 Å². The molecule has 2 N–H and O–H groups in total. The summed E-state index contributed by atoms with van der Waals surface area (Å²) in [5.41, 5.74) is 5.13. The van der Waals surface area contributed by atoms with E-state index in [0.29, 0.717) is 6.54 Å². The van der Waals surface area contributed by atoms with Gasteiger partial charge in [-0.05, 0) is 13.3 Å². The number of rotatable bonds is 0. The second-order valence-electron chi connectivity index (χ2n) is 2.82. The smallest absolute Gasteiger partial charge is 0.314 e. The van der Waals surface area contributed by atoms with Crippen molar-refractivity contribution in [1.82, 2.24) is 4.90 Å². The molecule has 11 heavy (non-hydrogen) atoms. The molecule has 0 spiro atoms. The van der Waals surface area contributed by atoms with Crippen LogP contribution in [0.1, 0.15) is 13.3 Å². The molecule has 1 fully saturated rings. The zero-order chi connectivity index (χ0) is 8.27. The zero-order valence-electron chi connectivity index (χ0n) is 6.75. The highest BCUT2D eigenvalue weighted by atomic mass is 16.5. The standard InChI is InChI=1S/C7H14N2O2/c1-6-5-9(7(8)10)3-2-4-11-6/h6H,2-5H2,1H3,(H2,8,10). The van der Waals surface area contributed by atoms with E-state index in [-0.39, 0.29) is 12.1 Å². The van der Waals surface area contributed by atoms with Gasteiger partial charge in [-0.2, -0.15) is 0 Å². The Labute approximate surface area is 66.3 Å². The first kappa shape index (κ1) is 8.33. The van der Waals surface area contributed by atoms with Crippen molar-refractivity contribution in [1.29, 1.82) is 0 Å². The SMILES string of the molecule is CC1CN(C(N)=O)CCCO1. The number of ether oxygens (including phenoxy) is 1. The lowest BCUT2D eigenvalue weighted by atomic mass is 10.3. The molecule has 1 saturated heterocycles. The number of hydrogen-bond acceptors (Lipinski definition) is 2. The molecule has 1 aliphatic rings. The van der Waals surface area contributed by atoms with Crippen LogP contribution in [0.15, 0.2) is 0 Å². The Bertz CT molecular complexity index is 149. The van der Waals surface area contributed by atoms with Crippen molar-refractivity contribution in [3.05, 3.63) is 0 Å². The summed E-state index contributed by atoms with van der Waals surface area (Å²) >= 11 is 0. The Hall–Kier alpha value is -0.770. The van der Waals surface area contributed by atoms with Gasteiger partial charge in [0.25, 0.3) is 0 Å². The van der Waals surface area contributed by atoms with Gasteiger partial charge in [-0.15, -0.1) is 0 Å². The van der Waals surface area contributed by atoms with Gasteiger partial charge >= 0.3 is 6.03 Å². The van der Waals surface area contributed by atoms with Crippen LogP contribution in [0.2, 0.25) is 0 Å². The molecule has 0 aromatic heterocycles. The van der Waals surface area contributed by atoms with Crippen LogP contribution in [-0.4, -0.2) is 36.7 Å². The summed E-state index contributed by atoms with van der Waals surface area (Å²) < 4.78 is 5.33. The Morgan fingerprint density at radius 3 is 3.09 bits per heavy atom. The van der Waals surface area contributed by atoms with Crippen LogP contribution in [0.4, 0.5) is 4.79 Å². The van der Waals surface area contributed by atoms with E-state index in [9.17, 15) is 4.79 Å². The largest absolute Gasteiger partial charge is 0.377 e. The van der Waals surface area contributed by atoms with Crippen molar-refractivity contribution >= 4 is 6.03 Å². The first-order valence-electron chi connectivity index (χ1n) is 3.86. The van der Waals surface area contributed by atoms with Crippen LogP contribution in [-0.2, 0) is 4.74 Å². The van der Waals surface area contributed by atoms with E-state index < -0.39 is 0 Å². The lowest BCUT2D eigenvalue weighted by Crippen LogP contribution is -2.39. The number of nitrogens with two attached hydrogens (primary N) is 1. The molecule has 0 radical (unpaired) electrons. The Balaban J connectivity index is 2.45. The number of hydrogen-bond donors (Lipinski definition) is 1. The second kappa shape index (κ2) is 3.57. The third-order valence-corrected chi connectivity index (χ3v) is 1.76. The lowest BCUT2D eigenvalue weighted by molar-refractivity contribution is 0.0716. The first-order chi connectivity index (χ1) is 5.20. The highest BCUT2D eigenvalue weighted by molar-refractivity contribution is 5.72. The minimum absolute atomic E-state index is 0.116. The number of carbonyl (C=O) groups is 1. The zero-order valence-corrected chi connectivity index (χ0v) is 6.75. The van der Waals surface area contributed by atoms with Gasteiger partial charge in [0.2, 0.25) is 0 Å². The maximum Gasteiger partial charge on any atom is 0.314 e. The minimum atomic E-state index is -0.345. The Kier molecular flexibility index (Phi) is 2.70. The summed E-state index contributed by atoms with van der Waals surface area (Å²) in [5.74, 6) is 0. The number of nitrogens with zero attached hydrogens (tertiary/aromatic N) is 1. The lowest BCUT2D eigenvalue weighted by Gasteiger charge is -2.19. The molecule has 1 heterocycles. The maximum atomic E-state index is 10.7.